The molecule has 0 spiro atoms. The van der Waals surface area contributed by atoms with Crippen LogP contribution in [0.15, 0.2) is 16.1 Å². The molecule has 1 aromatic heterocycles. The number of hydrogen-bond acceptors (Lipinski definition) is 3. The number of pyridine rings is 1. The predicted octanol–water partition coefficient (Wildman–Crippen LogP) is 4.80. The average molecular weight is 240 g/mol. The molecule has 0 aliphatic carbocycles. The molecule has 0 atom stereocenters. The van der Waals surface area contributed by atoms with Crippen molar-refractivity contribution in [1.82, 2.24) is 4.98 Å². The predicted molar refractivity (Wildman–Crippen MR) is 77.4 cm³/mol. The molecule has 0 fully saturated rings. The minimum absolute atomic E-state index is 0.968. The summed E-state index contributed by atoms with van der Waals surface area (Å²) in [5.74, 6) is 0. The lowest BCUT2D eigenvalue weighted by atomic mass is 10.2. The lowest BCUT2D eigenvalue weighted by Gasteiger charge is -2.07. The molecule has 0 unspecified atom stereocenters. The van der Waals surface area contributed by atoms with Crippen LogP contribution in [-0.2, 0) is 0 Å². The number of thioether (sulfide) groups is 1. The van der Waals surface area contributed by atoms with E-state index in [1.807, 2.05) is 54.0 Å². The molecule has 1 rings (SSSR count). The summed E-state index contributed by atoms with van der Waals surface area (Å²) in [4.78, 5) is 9.37. The summed E-state index contributed by atoms with van der Waals surface area (Å²) in [7, 11) is 0. The number of hydrogen-bond donors (Lipinski definition) is 0. The van der Waals surface area contributed by atoms with Crippen LogP contribution in [0.25, 0.3) is 0 Å². The Labute approximate surface area is 105 Å². The monoisotopic (exact) mass is 240 g/mol. The van der Waals surface area contributed by atoms with Gasteiger partial charge in [-0.15, -0.1) is 11.8 Å². The van der Waals surface area contributed by atoms with Crippen molar-refractivity contribution >= 4 is 24.2 Å². The van der Waals surface area contributed by atoms with Gasteiger partial charge in [0.25, 0.3) is 0 Å². The smallest absolute Gasteiger partial charge is 0.0820 e. The van der Waals surface area contributed by atoms with E-state index in [4.69, 9.17) is 0 Å². The van der Waals surface area contributed by atoms with Crippen LogP contribution in [0.5, 0.6) is 0 Å². The van der Waals surface area contributed by atoms with E-state index < -0.39 is 0 Å². The molecule has 1 heterocycles. The summed E-state index contributed by atoms with van der Waals surface area (Å²) in [6, 6.07) is 0. The Hall–Kier alpha value is -0.830. The molecule has 2 nitrogen and oxygen atoms in total. The Morgan fingerprint density at radius 1 is 1.19 bits per heavy atom. The Morgan fingerprint density at radius 3 is 2.00 bits per heavy atom. The fourth-order valence-electron chi connectivity index (χ4n) is 1.10. The molecule has 0 saturated heterocycles. The first-order valence-corrected chi connectivity index (χ1v) is 6.90. The zero-order chi connectivity index (χ0) is 13.1. The van der Waals surface area contributed by atoms with Gasteiger partial charge in [-0.2, -0.15) is 0 Å². The van der Waals surface area contributed by atoms with E-state index >= 15 is 0 Å². The van der Waals surface area contributed by atoms with Crippen molar-refractivity contribution in [2.24, 2.45) is 4.99 Å². The summed E-state index contributed by atoms with van der Waals surface area (Å²) < 4.78 is 0. The minimum Gasteiger partial charge on any atom is -0.263 e. The lowest BCUT2D eigenvalue weighted by Crippen LogP contribution is -1.88. The fraction of sp³-hybridized carbons (Fsp3) is 0.538. The summed E-state index contributed by atoms with van der Waals surface area (Å²) in [5, 5.41) is 0. The van der Waals surface area contributed by atoms with Crippen molar-refractivity contribution in [3.05, 3.63) is 17.5 Å². The number of nitrogens with zero attached hydrogens (tertiary/aromatic N) is 2. The van der Waals surface area contributed by atoms with Gasteiger partial charge in [-0.3, -0.25) is 9.98 Å². The Balaban J connectivity index is 0. The lowest BCUT2D eigenvalue weighted by molar-refractivity contribution is 1.08. The molecule has 0 N–H and O–H groups in total. The van der Waals surface area contributed by atoms with Crippen LogP contribution in [0.1, 0.15) is 39.0 Å². The van der Waals surface area contributed by atoms with Crippen LogP contribution in [-0.4, -0.2) is 18.0 Å². The largest absolute Gasteiger partial charge is 0.263 e. The van der Waals surface area contributed by atoms with Gasteiger partial charge in [0.15, 0.2) is 0 Å². The first-order valence-electron chi connectivity index (χ1n) is 5.67. The summed E-state index contributed by atoms with van der Waals surface area (Å²) >= 11 is 1.66. The van der Waals surface area contributed by atoms with Crippen molar-refractivity contribution in [3.63, 3.8) is 0 Å². The van der Waals surface area contributed by atoms with Crippen molar-refractivity contribution in [2.45, 2.75) is 46.4 Å². The Bertz CT molecular complexity index is 309. The molecule has 0 amide bonds. The maximum Gasteiger partial charge on any atom is 0.0820 e. The van der Waals surface area contributed by atoms with E-state index in [0.29, 0.717) is 0 Å². The number of aliphatic imine (C=N–C) groups is 1. The maximum atomic E-state index is 4.25. The van der Waals surface area contributed by atoms with Crippen LogP contribution in [0.2, 0.25) is 0 Å². The first-order chi connectivity index (χ1) is 7.70. The van der Waals surface area contributed by atoms with Gasteiger partial charge in [0.1, 0.15) is 0 Å². The molecule has 0 aromatic carbocycles. The van der Waals surface area contributed by atoms with Crippen LogP contribution in [0.4, 0.5) is 5.69 Å². The third-order valence-electron chi connectivity index (χ3n) is 1.73. The van der Waals surface area contributed by atoms with Gasteiger partial charge >= 0.3 is 0 Å². The fourth-order valence-corrected chi connectivity index (χ4v) is 1.87. The van der Waals surface area contributed by atoms with Gasteiger partial charge in [0, 0.05) is 6.20 Å². The molecular weight excluding hydrogens is 216 g/mol. The van der Waals surface area contributed by atoms with Crippen molar-refractivity contribution in [2.75, 3.05) is 6.26 Å². The molecule has 0 aliphatic rings. The maximum absolute atomic E-state index is 4.25. The molecule has 1 aromatic rings. The quantitative estimate of drug-likeness (QED) is 0.548. The second kappa shape index (κ2) is 10.7. The van der Waals surface area contributed by atoms with Crippen LogP contribution in [0, 0.1) is 13.8 Å². The molecule has 0 bridgehead atoms. The standard InChI is InChI=1S/C9H12N2S.2C2H6/c1-6-5-11-7(2)9(12-4)8(6)10-3;2*1-2/h5H,3H2,1-2,4H3;2*1-2H3. The SMILES string of the molecule is C=Nc1c(C)cnc(C)c1SC.CC.CC. The Morgan fingerprint density at radius 2 is 1.69 bits per heavy atom. The second-order valence-electron chi connectivity index (χ2n) is 2.57. The van der Waals surface area contributed by atoms with E-state index in [2.05, 4.69) is 16.7 Å². The van der Waals surface area contributed by atoms with E-state index in [-0.39, 0.29) is 0 Å². The van der Waals surface area contributed by atoms with Gasteiger partial charge in [0.05, 0.1) is 16.3 Å². The Kier molecular flexibility index (Phi) is 11.7. The molecule has 3 heteroatoms. The van der Waals surface area contributed by atoms with Crippen LogP contribution < -0.4 is 0 Å². The summed E-state index contributed by atoms with van der Waals surface area (Å²) in [5.41, 5.74) is 3.07. The highest BCUT2D eigenvalue weighted by Crippen LogP contribution is 2.32. The number of rotatable bonds is 2. The normalized spacial score (nSPS) is 8.19. The summed E-state index contributed by atoms with van der Waals surface area (Å²) in [6.45, 7) is 15.5. The zero-order valence-electron chi connectivity index (χ0n) is 11.6. The van der Waals surface area contributed by atoms with Gasteiger partial charge in [-0.1, -0.05) is 27.7 Å². The van der Waals surface area contributed by atoms with Gasteiger partial charge in [-0.05, 0) is 32.4 Å². The zero-order valence-corrected chi connectivity index (χ0v) is 12.4. The molecule has 92 valence electrons. The average Bonchev–Trinajstić information content (AvgIpc) is 2.36. The molecule has 0 radical (unpaired) electrons. The highest BCUT2D eigenvalue weighted by molar-refractivity contribution is 7.98. The van der Waals surface area contributed by atoms with Crippen molar-refractivity contribution < 1.29 is 0 Å². The molecule has 16 heavy (non-hydrogen) atoms. The highest BCUT2D eigenvalue weighted by Gasteiger charge is 2.06. The van der Waals surface area contributed by atoms with E-state index in [9.17, 15) is 0 Å². The van der Waals surface area contributed by atoms with E-state index in [1.54, 1.807) is 11.8 Å². The molecule has 0 aliphatic heterocycles. The van der Waals surface area contributed by atoms with E-state index in [1.165, 1.54) is 0 Å². The van der Waals surface area contributed by atoms with E-state index in [0.717, 1.165) is 21.8 Å². The summed E-state index contributed by atoms with van der Waals surface area (Å²) in [6.07, 6.45) is 3.86. The van der Waals surface area contributed by atoms with Crippen LogP contribution >= 0.6 is 11.8 Å². The second-order valence-corrected chi connectivity index (χ2v) is 3.38. The first kappa shape index (κ1) is 17.6. The third kappa shape index (κ3) is 4.79. The molecule has 0 saturated carbocycles. The minimum atomic E-state index is 0.968. The van der Waals surface area contributed by atoms with Crippen LogP contribution in [0.3, 0.4) is 0 Å². The van der Waals surface area contributed by atoms with Crippen molar-refractivity contribution in [1.29, 1.82) is 0 Å². The topological polar surface area (TPSA) is 25.2 Å². The van der Waals surface area contributed by atoms with Gasteiger partial charge in [0.2, 0.25) is 0 Å². The number of aryl methyl sites for hydroxylation is 2. The highest BCUT2D eigenvalue weighted by atomic mass is 32.2. The third-order valence-corrected chi connectivity index (χ3v) is 2.63. The molecular formula is C13H24N2S. The van der Waals surface area contributed by atoms with Gasteiger partial charge in [-0.25, -0.2) is 0 Å². The van der Waals surface area contributed by atoms with Gasteiger partial charge < -0.3 is 0 Å². The number of aromatic nitrogens is 1. The van der Waals surface area contributed by atoms with Crippen molar-refractivity contribution in [3.8, 4) is 0 Å².